The first-order valence-electron chi connectivity index (χ1n) is 6.13. The van der Waals surface area contributed by atoms with Gasteiger partial charge in [0.1, 0.15) is 16.4 Å². The molecule has 0 aliphatic heterocycles. The van der Waals surface area contributed by atoms with Crippen molar-refractivity contribution in [1.82, 2.24) is 9.97 Å². The molecule has 2 rings (SSSR count). The normalized spacial score (nSPS) is 12.4. The molecule has 0 radical (unpaired) electrons. The second-order valence-corrected chi connectivity index (χ2v) is 5.30. The first-order valence-corrected chi connectivity index (χ1v) is 7.26. The van der Waals surface area contributed by atoms with Crippen molar-refractivity contribution in [3.05, 3.63) is 45.4 Å². The lowest BCUT2D eigenvalue weighted by Crippen LogP contribution is -2.06. The Kier molecular flexibility index (Phi) is 5.22. The summed E-state index contributed by atoms with van der Waals surface area (Å²) in [6, 6.07) is 7.18. The molecule has 6 heteroatoms. The van der Waals surface area contributed by atoms with Gasteiger partial charge in [-0.2, -0.15) is 0 Å². The van der Waals surface area contributed by atoms with E-state index < -0.39 is 0 Å². The minimum Gasteiger partial charge on any atom is -0.371 e. The van der Waals surface area contributed by atoms with E-state index in [2.05, 4.69) is 9.97 Å². The Morgan fingerprint density at radius 1 is 1.05 bits per heavy atom. The third-order valence-electron chi connectivity index (χ3n) is 2.75. The Bertz CT molecular complexity index is 579. The number of hydrogen-bond acceptors (Lipinski definition) is 3. The van der Waals surface area contributed by atoms with Gasteiger partial charge in [-0.3, -0.25) is 0 Å². The zero-order valence-electron chi connectivity index (χ0n) is 11.0. The van der Waals surface area contributed by atoms with Gasteiger partial charge in [0.25, 0.3) is 0 Å². The average molecular weight is 332 g/mol. The van der Waals surface area contributed by atoms with Gasteiger partial charge in [0.2, 0.25) is 0 Å². The Morgan fingerprint density at radius 2 is 1.60 bits per heavy atom. The first kappa shape index (κ1) is 15.5. The summed E-state index contributed by atoms with van der Waals surface area (Å²) in [5.41, 5.74) is 1.41. The maximum atomic E-state index is 6.23. The zero-order chi connectivity index (χ0) is 14.7. The van der Waals surface area contributed by atoms with Gasteiger partial charge in [-0.1, -0.05) is 46.9 Å². The second-order valence-electron chi connectivity index (χ2n) is 4.14. The lowest BCUT2D eigenvalue weighted by Gasteiger charge is -2.13. The molecular formula is C14H13Cl3N2O. The van der Waals surface area contributed by atoms with Gasteiger partial charge >= 0.3 is 0 Å². The van der Waals surface area contributed by atoms with E-state index in [0.29, 0.717) is 33.3 Å². The molecule has 0 saturated heterocycles. The highest BCUT2D eigenvalue weighted by Crippen LogP contribution is 2.34. The number of nitrogens with zero attached hydrogens (tertiary/aromatic N) is 2. The van der Waals surface area contributed by atoms with Crippen molar-refractivity contribution in [3.63, 3.8) is 0 Å². The van der Waals surface area contributed by atoms with E-state index in [1.54, 1.807) is 12.1 Å². The van der Waals surface area contributed by atoms with Crippen LogP contribution in [0.15, 0.2) is 24.3 Å². The summed E-state index contributed by atoms with van der Waals surface area (Å²) < 4.78 is 5.44. The molecule has 106 valence electrons. The van der Waals surface area contributed by atoms with Crippen LogP contribution >= 0.6 is 34.8 Å². The summed E-state index contributed by atoms with van der Waals surface area (Å²) >= 11 is 18.3. The van der Waals surface area contributed by atoms with Crippen molar-refractivity contribution in [2.75, 3.05) is 6.61 Å². The predicted octanol–water partition coefficient (Wildman–Crippen LogP) is 5.20. The molecule has 1 unspecified atom stereocenters. The maximum Gasteiger partial charge on any atom is 0.160 e. The van der Waals surface area contributed by atoms with Crippen LogP contribution in [-0.2, 0) is 4.74 Å². The molecule has 0 spiro atoms. The van der Waals surface area contributed by atoms with Gasteiger partial charge in [-0.15, -0.1) is 0 Å². The van der Waals surface area contributed by atoms with E-state index in [1.807, 2.05) is 26.0 Å². The number of aromatic nitrogens is 2. The fourth-order valence-electron chi connectivity index (χ4n) is 1.78. The summed E-state index contributed by atoms with van der Waals surface area (Å²) in [5, 5.41) is 1.24. The van der Waals surface area contributed by atoms with Crippen LogP contribution < -0.4 is 0 Å². The molecule has 3 nitrogen and oxygen atoms in total. The van der Waals surface area contributed by atoms with E-state index in [1.165, 1.54) is 0 Å². The highest BCUT2D eigenvalue weighted by atomic mass is 35.5. The highest BCUT2D eigenvalue weighted by Gasteiger charge is 2.17. The minimum atomic E-state index is -0.255. The molecule has 0 fully saturated rings. The summed E-state index contributed by atoms with van der Waals surface area (Å²) in [7, 11) is 0. The lowest BCUT2D eigenvalue weighted by molar-refractivity contribution is 0.0701. The molecule has 20 heavy (non-hydrogen) atoms. The summed E-state index contributed by atoms with van der Waals surface area (Å²) in [6.07, 6.45) is -0.255. The van der Waals surface area contributed by atoms with Crippen molar-refractivity contribution in [2.24, 2.45) is 0 Å². The van der Waals surface area contributed by atoms with Crippen molar-refractivity contribution in [2.45, 2.75) is 20.0 Å². The molecule has 2 aromatic rings. The average Bonchev–Trinajstić information content (AvgIpc) is 2.40. The third kappa shape index (κ3) is 3.41. The van der Waals surface area contributed by atoms with Gasteiger partial charge in [-0.25, -0.2) is 9.97 Å². The minimum absolute atomic E-state index is 0.255. The Morgan fingerprint density at radius 3 is 2.10 bits per heavy atom. The SMILES string of the molecule is CCOC(C)c1nc(Cl)c(-c2ccc(Cl)cc2)c(Cl)n1. The molecule has 0 saturated carbocycles. The topological polar surface area (TPSA) is 35.0 Å². The smallest absolute Gasteiger partial charge is 0.160 e. The molecule has 0 bridgehead atoms. The quantitative estimate of drug-likeness (QED) is 0.722. The number of ether oxygens (including phenoxy) is 1. The van der Waals surface area contributed by atoms with E-state index >= 15 is 0 Å². The highest BCUT2D eigenvalue weighted by molar-refractivity contribution is 6.37. The van der Waals surface area contributed by atoms with Crippen LogP contribution in [0.25, 0.3) is 11.1 Å². The summed E-state index contributed by atoms with van der Waals surface area (Å²) in [5.74, 6) is 0.472. The summed E-state index contributed by atoms with van der Waals surface area (Å²) in [6.45, 7) is 4.33. The molecule has 0 amide bonds. The van der Waals surface area contributed by atoms with Crippen LogP contribution in [-0.4, -0.2) is 16.6 Å². The van der Waals surface area contributed by atoms with Crippen LogP contribution in [0.2, 0.25) is 15.3 Å². The monoisotopic (exact) mass is 330 g/mol. The Labute approximate surface area is 132 Å². The maximum absolute atomic E-state index is 6.23. The predicted molar refractivity (Wildman–Crippen MR) is 82.5 cm³/mol. The van der Waals surface area contributed by atoms with Crippen molar-refractivity contribution in [1.29, 1.82) is 0 Å². The Balaban J connectivity index is 2.43. The van der Waals surface area contributed by atoms with Gasteiger partial charge in [0, 0.05) is 11.6 Å². The number of hydrogen-bond donors (Lipinski definition) is 0. The molecule has 1 aromatic carbocycles. The lowest BCUT2D eigenvalue weighted by atomic mass is 10.1. The number of rotatable bonds is 4. The number of benzene rings is 1. The fourth-order valence-corrected chi connectivity index (χ4v) is 2.53. The molecule has 1 atom stereocenters. The van der Waals surface area contributed by atoms with E-state index in [-0.39, 0.29) is 6.10 Å². The molecule has 0 aliphatic carbocycles. The second kappa shape index (κ2) is 6.72. The van der Waals surface area contributed by atoms with Crippen molar-refractivity contribution >= 4 is 34.8 Å². The summed E-state index contributed by atoms with van der Waals surface area (Å²) in [4.78, 5) is 8.53. The molecule has 0 N–H and O–H groups in total. The zero-order valence-corrected chi connectivity index (χ0v) is 13.3. The van der Waals surface area contributed by atoms with Crippen LogP contribution in [0.3, 0.4) is 0 Å². The Hall–Kier alpha value is -0.870. The molecular weight excluding hydrogens is 319 g/mol. The standard InChI is InChI=1S/C14H13Cl3N2O/c1-3-20-8(2)14-18-12(16)11(13(17)19-14)9-4-6-10(15)7-5-9/h4-8H,3H2,1-2H3. The van der Waals surface area contributed by atoms with Gasteiger partial charge in [0.05, 0.1) is 5.56 Å². The van der Waals surface area contributed by atoms with E-state index in [4.69, 9.17) is 39.5 Å². The van der Waals surface area contributed by atoms with Crippen LogP contribution in [0, 0.1) is 0 Å². The van der Waals surface area contributed by atoms with E-state index in [0.717, 1.165) is 5.56 Å². The first-order chi connectivity index (χ1) is 9.52. The van der Waals surface area contributed by atoms with Gasteiger partial charge in [-0.05, 0) is 31.5 Å². The van der Waals surface area contributed by atoms with Crippen molar-refractivity contribution in [3.8, 4) is 11.1 Å². The fraction of sp³-hybridized carbons (Fsp3) is 0.286. The van der Waals surface area contributed by atoms with Gasteiger partial charge in [0.15, 0.2) is 5.82 Å². The molecule has 1 heterocycles. The van der Waals surface area contributed by atoms with E-state index in [9.17, 15) is 0 Å². The van der Waals surface area contributed by atoms with Crippen LogP contribution in [0.5, 0.6) is 0 Å². The molecule has 1 aromatic heterocycles. The van der Waals surface area contributed by atoms with Crippen LogP contribution in [0.1, 0.15) is 25.8 Å². The number of halogens is 3. The third-order valence-corrected chi connectivity index (χ3v) is 3.55. The largest absolute Gasteiger partial charge is 0.371 e. The van der Waals surface area contributed by atoms with Gasteiger partial charge < -0.3 is 4.74 Å². The van der Waals surface area contributed by atoms with Crippen LogP contribution in [0.4, 0.5) is 0 Å². The molecule has 0 aliphatic rings. The van der Waals surface area contributed by atoms with Crippen molar-refractivity contribution < 1.29 is 4.74 Å².